The van der Waals surface area contributed by atoms with Gasteiger partial charge in [-0.05, 0) is 96.9 Å². The lowest BCUT2D eigenvalue weighted by Crippen LogP contribution is -2.13. The molecule has 1 aliphatic rings. The van der Waals surface area contributed by atoms with Crippen LogP contribution in [0.3, 0.4) is 0 Å². The maximum atomic E-state index is 14.9. The zero-order chi connectivity index (χ0) is 26.7. The van der Waals surface area contributed by atoms with E-state index in [1.165, 1.54) is 81.4 Å². The van der Waals surface area contributed by atoms with Gasteiger partial charge in [-0.15, -0.1) is 0 Å². The molecule has 0 spiro atoms. The molecule has 3 aromatic carbocycles. The van der Waals surface area contributed by atoms with Crippen molar-refractivity contribution in [3.05, 3.63) is 89.2 Å². The number of unbranched alkanes of at least 4 members (excludes halogenated alkanes) is 4. The van der Waals surface area contributed by atoms with Crippen LogP contribution in [0.25, 0.3) is 11.1 Å². The molecule has 0 aliphatic heterocycles. The summed E-state index contributed by atoms with van der Waals surface area (Å²) in [4.78, 5) is 12.6. The van der Waals surface area contributed by atoms with E-state index in [4.69, 9.17) is 4.74 Å². The number of carbonyl (C=O) groups is 1. The molecule has 0 atom stereocenters. The Balaban J connectivity index is 1.32. The number of halogens is 1. The quantitative estimate of drug-likeness (QED) is 0.136. The van der Waals surface area contributed by atoms with Crippen molar-refractivity contribution in [1.82, 2.24) is 0 Å². The average molecular weight is 515 g/mol. The van der Waals surface area contributed by atoms with Crippen molar-refractivity contribution >= 4 is 5.97 Å². The minimum Gasteiger partial charge on any atom is -0.420 e. The van der Waals surface area contributed by atoms with Crippen LogP contribution in [0.5, 0.6) is 5.75 Å². The Kier molecular flexibility index (Phi) is 10.6. The lowest BCUT2D eigenvalue weighted by Gasteiger charge is -2.29. The SMILES string of the molecule is CCCCCc1ccc(C(=O)Oc2ccc(-c3ccc(C4CCC(CCCCC)CC4)cc3)cc2F)cc1. The fourth-order valence-electron chi connectivity index (χ4n) is 5.72. The topological polar surface area (TPSA) is 26.3 Å². The zero-order valence-electron chi connectivity index (χ0n) is 23.2. The Morgan fingerprint density at radius 3 is 2.11 bits per heavy atom. The molecule has 2 nitrogen and oxygen atoms in total. The standard InChI is InChI=1S/C35H43FO2/c1-3-5-7-9-26-11-15-28(16-12-26)29-19-21-30(22-20-29)32-23-24-34(33(36)25-32)38-35(37)31-17-13-27(14-18-31)10-8-6-4-2/h13-14,17-26,28H,3-12,15-16H2,1-2H3. The summed E-state index contributed by atoms with van der Waals surface area (Å²) in [5.74, 6) is 0.426. The van der Waals surface area contributed by atoms with Crippen molar-refractivity contribution < 1.29 is 13.9 Å². The summed E-state index contributed by atoms with van der Waals surface area (Å²) in [5.41, 5.74) is 4.77. The van der Waals surface area contributed by atoms with E-state index in [1.54, 1.807) is 18.2 Å². The molecular formula is C35H43FO2. The minimum absolute atomic E-state index is 0.0434. The van der Waals surface area contributed by atoms with E-state index in [0.29, 0.717) is 11.5 Å². The van der Waals surface area contributed by atoms with Crippen molar-refractivity contribution in [1.29, 1.82) is 0 Å². The Morgan fingerprint density at radius 1 is 0.789 bits per heavy atom. The molecule has 4 rings (SSSR count). The first-order chi connectivity index (χ1) is 18.6. The molecule has 3 aromatic rings. The zero-order valence-corrected chi connectivity index (χ0v) is 23.2. The summed E-state index contributed by atoms with van der Waals surface area (Å²) < 4.78 is 20.3. The molecule has 0 bridgehead atoms. The number of rotatable bonds is 12. The highest BCUT2D eigenvalue weighted by molar-refractivity contribution is 5.91. The molecule has 202 valence electrons. The summed E-state index contributed by atoms with van der Waals surface area (Å²) in [6.45, 7) is 4.45. The van der Waals surface area contributed by atoms with Gasteiger partial charge in [0.05, 0.1) is 5.56 Å². The van der Waals surface area contributed by atoms with Crippen LogP contribution in [0.15, 0.2) is 66.7 Å². The van der Waals surface area contributed by atoms with Gasteiger partial charge in [-0.1, -0.05) is 94.8 Å². The van der Waals surface area contributed by atoms with Gasteiger partial charge in [0.1, 0.15) is 0 Å². The van der Waals surface area contributed by atoms with Gasteiger partial charge < -0.3 is 4.74 Å². The van der Waals surface area contributed by atoms with E-state index in [0.717, 1.165) is 29.9 Å². The largest absolute Gasteiger partial charge is 0.420 e. The Bertz CT molecular complexity index is 1140. The highest BCUT2D eigenvalue weighted by atomic mass is 19.1. The van der Waals surface area contributed by atoms with Gasteiger partial charge in [0.15, 0.2) is 11.6 Å². The normalized spacial score (nSPS) is 17.3. The molecule has 0 heterocycles. The lowest BCUT2D eigenvalue weighted by molar-refractivity contribution is 0.0728. The second-order valence-corrected chi connectivity index (χ2v) is 11.0. The summed E-state index contributed by atoms with van der Waals surface area (Å²) in [6.07, 6.45) is 15.2. The van der Waals surface area contributed by atoms with Crippen LogP contribution in [0.4, 0.5) is 4.39 Å². The molecule has 0 radical (unpaired) electrons. The third-order valence-electron chi connectivity index (χ3n) is 8.17. The molecule has 0 saturated heterocycles. The molecule has 1 fully saturated rings. The minimum atomic E-state index is -0.541. The molecule has 1 aliphatic carbocycles. The third kappa shape index (κ3) is 7.79. The van der Waals surface area contributed by atoms with E-state index in [9.17, 15) is 9.18 Å². The maximum absolute atomic E-state index is 14.9. The van der Waals surface area contributed by atoms with Gasteiger partial charge in [0, 0.05) is 0 Å². The van der Waals surface area contributed by atoms with Crippen molar-refractivity contribution in [3.63, 3.8) is 0 Å². The van der Waals surface area contributed by atoms with Crippen LogP contribution >= 0.6 is 0 Å². The van der Waals surface area contributed by atoms with Gasteiger partial charge in [0.2, 0.25) is 0 Å². The predicted molar refractivity (Wildman–Crippen MR) is 155 cm³/mol. The summed E-state index contributed by atoms with van der Waals surface area (Å²) in [7, 11) is 0. The molecule has 0 N–H and O–H groups in total. The van der Waals surface area contributed by atoms with Gasteiger partial charge in [-0.2, -0.15) is 0 Å². The fourth-order valence-corrected chi connectivity index (χ4v) is 5.72. The summed E-state index contributed by atoms with van der Waals surface area (Å²) in [5, 5.41) is 0. The van der Waals surface area contributed by atoms with E-state index in [-0.39, 0.29) is 5.75 Å². The maximum Gasteiger partial charge on any atom is 0.343 e. The predicted octanol–water partition coefficient (Wildman–Crippen LogP) is 10.3. The average Bonchev–Trinajstić information content (AvgIpc) is 2.95. The van der Waals surface area contributed by atoms with Crippen LogP contribution < -0.4 is 4.74 Å². The van der Waals surface area contributed by atoms with Crippen molar-refractivity contribution in [2.75, 3.05) is 0 Å². The highest BCUT2D eigenvalue weighted by Gasteiger charge is 2.22. The molecular weight excluding hydrogens is 471 g/mol. The molecule has 1 saturated carbocycles. The Hall–Kier alpha value is -2.94. The van der Waals surface area contributed by atoms with Crippen LogP contribution in [-0.4, -0.2) is 5.97 Å². The van der Waals surface area contributed by atoms with E-state index >= 15 is 0 Å². The Labute approximate surface area is 228 Å². The first kappa shape index (κ1) is 28.1. The van der Waals surface area contributed by atoms with Crippen LogP contribution in [0.1, 0.15) is 112 Å². The van der Waals surface area contributed by atoms with E-state index in [2.05, 4.69) is 38.1 Å². The number of hydrogen-bond donors (Lipinski definition) is 0. The first-order valence-corrected chi connectivity index (χ1v) is 14.8. The number of hydrogen-bond acceptors (Lipinski definition) is 2. The van der Waals surface area contributed by atoms with Gasteiger partial charge in [-0.3, -0.25) is 0 Å². The van der Waals surface area contributed by atoms with Gasteiger partial charge >= 0.3 is 5.97 Å². The second kappa shape index (κ2) is 14.3. The third-order valence-corrected chi connectivity index (χ3v) is 8.17. The smallest absolute Gasteiger partial charge is 0.343 e. The van der Waals surface area contributed by atoms with Crippen LogP contribution in [-0.2, 0) is 6.42 Å². The number of carbonyl (C=O) groups excluding carboxylic acids is 1. The van der Waals surface area contributed by atoms with Gasteiger partial charge in [-0.25, -0.2) is 9.18 Å². The summed E-state index contributed by atoms with van der Waals surface area (Å²) >= 11 is 0. The summed E-state index contributed by atoms with van der Waals surface area (Å²) in [6, 6.07) is 20.8. The van der Waals surface area contributed by atoms with Gasteiger partial charge in [0.25, 0.3) is 0 Å². The molecule has 0 amide bonds. The monoisotopic (exact) mass is 514 g/mol. The fraction of sp³-hybridized carbons (Fsp3) is 0.457. The molecule has 0 unspecified atom stereocenters. The first-order valence-electron chi connectivity index (χ1n) is 14.8. The van der Waals surface area contributed by atoms with Crippen LogP contribution in [0.2, 0.25) is 0 Å². The van der Waals surface area contributed by atoms with Crippen LogP contribution in [0, 0.1) is 11.7 Å². The number of benzene rings is 3. The lowest BCUT2D eigenvalue weighted by atomic mass is 9.77. The molecule has 0 aromatic heterocycles. The Morgan fingerprint density at radius 2 is 1.45 bits per heavy atom. The molecule has 3 heteroatoms. The number of aryl methyl sites for hydroxylation is 1. The van der Waals surface area contributed by atoms with Crippen molar-refractivity contribution in [3.8, 4) is 16.9 Å². The number of ether oxygens (including phenoxy) is 1. The highest BCUT2D eigenvalue weighted by Crippen LogP contribution is 2.38. The van der Waals surface area contributed by atoms with E-state index < -0.39 is 11.8 Å². The number of esters is 1. The molecule has 38 heavy (non-hydrogen) atoms. The second-order valence-electron chi connectivity index (χ2n) is 11.0. The van der Waals surface area contributed by atoms with Crippen molar-refractivity contribution in [2.24, 2.45) is 5.92 Å². The van der Waals surface area contributed by atoms with E-state index in [1.807, 2.05) is 18.2 Å². The van der Waals surface area contributed by atoms with Crippen molar-refractivity contribution in [2.45, 2.75) is 96.8 Å².